The summed E-state index contributed by atoms with van der Waals surface area (Å²) in [7, 11) is 0. The van der Waals surface area contributed by atoms with E-state index in [1.807, 2.05) is 0 Å². The molecule has 0 saturated carbocycles. The minimum absolute atomic E-state index is 0.0589. The lowest BCUT2D eigenvalue weighted by molar-refractivity contribution is 0.174. The van der Waals surface area contributed by atoms with Crippen LogP contribution >= 0.6 is 22.9 Å². The molecule has 1 aromatic heterocycles. The predicted octanol–water partition coefficient (Wildman–Crippen LogP) is 2.76. The number of nitrogens with one attached hydrogen (secondary N) is 1. The second-order valence-corrected chi connectivity index (χ2v) is 5.17. The molecule has 0 bridgehead atoms. The number of hydrogen-bond donors (Lipinski definition) is 2. The Morgan fingerprint density at radius 3 is 3.00 bits per heavy atom. The molecule has 0 aliphatic rings. The van der Waals surface area contributed by atoms with Crippen molar-refractivity contribution in [2.75, 3.05) is 6.54 Å². The summed E-state index contributed by atoms with van der Waals surface area (Å²) >= 11 is 7.12. The van der Waals surface area contributed by atoms with Gasteiger partial charge in [-0.15, -0.1) is 11.3 Å². The maximum absolute atomic E-state index is 13.2. The molecule has 6 heteroatoms. The highest BCUT2D eigenvalue weighted by Gasteiger charge is 2.09. The molecule has 0 amide bonds. The standard InChI is InChI=1S/C12H12ClFN2OS/c13-10-2-1-8(3-11(10)14)12(17)6-15-4-9-5-16-7-18-9/h1-3,5,7,12,15,17H,4,6H2. The van der Waals surface area contributed by atoms with Gasteiger partial charge in [0.05, 0.1) is 16.6 Å². The first-order valence-electron chi connectivity index (χ1n) is 5.38. The first-order chi connectivity index (χ1) is 8.66. The molecule has 0 aliphatic carbocycles. The molecule has 0 fully saturated rings. The summed E-state index contributed by atoms with van der Waals surface area (Å²) in [6, 6.07) is 4.31. The Kier molecular flexibility index (Phi) is 4.66. The normalized spacial score (nSPS) is 12.6. The summed E-state index contributed by atoms with van der Waals surface area (Å²) in [6.07, 6.45) is 1.01. The fourth-order valence-corrected chi connectivity index (χ4v) is 2.18. The van der Waals surface area contributed by atoms with Crippen molar-refractivity contribution < 1.29 is 9.50 Å². The van der Waals surface area contributed by atoms with Crippen molar-refractivity contribution in [3.8, 4) is 0 Å². The molecule has 1 unspecified atom stereocenters. The van der Waals surface area contributed by atoms with Gasteiger partial charge in [0.1, 0.15) is 5.82 Å². The second kappa shape index (κ2) is 6.24. The molecular weight excluding hydrogens is 275 g/mol. The van der Waals surface area contributed by atoms with Crippen molar-refractivity contribution in [1.29, 1.82) is 0 Å². The molecule has 1 atom stereocenters. The third-order valence-electron chi connectivity index (χ3n) is 2.45. The van der Waals surface area contributed by atoms with Crippen molar-refractivity contribution in [3.05, 3.63) is 51.2 Å². The van der Waals surface area contributed by atoms with Gasteiger partial charge in [-0.25, -0.2) is 4.39 Å². The third kappa shape index (κ3) is 3.49. The zero-order chi connectivity index (χ0) is 13.0. The topological polar surface area (TPSA) is 45.1 Å². The van der Waals surface area contributed by atoms with E-state index >= 15 is 0 Å². The SMILES string of the molecule is OC(CNCc1cncs1)c1ccc(Cl)c(F)c1. The Bertz CT molecular complexity index is 507. The quantitative estimate of drug-likeness (QED) is 0.888. The zero-order valence-electron chi connectivity index (χ0n) is 9.44. The van der Waals surface area contributed by atoms with E-state index in [2.05, 4.69) is 10.3 Å². The van der Waals surface area contributed by atoms with Gasteiger partial charge in [0, 0.05) is 24.2 Å². The summed E-state index contributed by atoms with van der Waals surface area (Å²) in [5, 5.41) is 13.0. The Hall–Kier alpha value is -1.01. The van der Waals surface area contributed by atoms with Crippen LogP contribution in [0.5, 0.6) is 0 Å². The Morgan fingerprint density at radius 2 is 2.33 bits per heavy atom. The molecule has 2 rings (SSSR count). The average molecular weight is 287 g/mol. The maximum atomic E-state index is 13.2. The number of thiazole rings is 1. The van der Waals surface area contributed by atoms with Crippen LogP contribution in [0.4, 0.5) is 4.39 Å². The molecule has 0 radical (unpaired) electrons. The van der Waals surface area contributed by atoms with E-state index < -0.39 is 11.9 Å². The van der Waals surface area contributed by atoms with Crippen LogP contribution in [-0.2, 0) is 6.54 Å². The lowest BCUT2D eigenvalue weighted by Crippen LogP contribution is -2.20. The van der Waals surface area contributed by atoms with E-state index in [4.69, 9.17) is 11.6 Å². The number of halogens is 2. The van der Waals surface area contributed by atoms with Gasteiger partial charge in [0.25, 0.3) is 0 Å². The largest absolute Gasteiger partial charge is 0.387 e. The molecule has 1 heterocycles. The van der Waals surface area contributed by atoms with Crippen LogP contribution in [0, 0.1) is 5.82 Å². The van der Waals surface area contributed by atoms with Gasteiger partial charge in [-0.1, -0.05) is 17.7 Å². The fourth-order valence-electron chi connectivity index (χ4n) is 1.50. The molecule has 1 aromatic carbocycles. The second-order valence-electron chi connectivity index (χ2n) is 3.79. The van der Waals surface area contributed by atoms with Crippen molar-refractivity contribution in [2.45, 2.75) is 12.6 Å². The average Bonchev–Trinajstić information content (AvgIpc) is 2.85. The highest BCUT2D eigenvalue weighted by atomic mass is 35.5. The van der Waals surface area contributed by atoms with Gasteiger partial charge < -0.3 is 10.4 Å². The van der Waals surface area contributed by atoms with Crippen LogP contribution in [0.3, 0.4) is 0 Å². The fraction of sp³-hybridized carbons (Fsp3) is 0.250. The number of hydrogen-bond acceptors (Lipinski definition) is 4. The van der Waals surface area contributed by atoms with E-state index in [1.54, 1.807) is 29.1 Å². The highest BCUT2D eigenvalue weighted by Crippen LogP contribution is 2.20. The highest BCUT2D eigenvalue weighted by molar-refractivity contribution is 7.09. The van der Waals surface area contributed by atoms with Gasteiger partial charge >= 0.3 is 0 Å². The summed E-state index contributed by atoms with van der Waals surface area (Å²) < 4.78 is 13.2. The van der Waals surface area contributed by atoms with E-state index in [0.717, 1.165) is 4.88 Å². The molecule has 0 aliphatic heterocycles. The summed E-state index contributed by atoms with van der Waals surface area (Å²) in [4.78, 5) is 5.04. The van der Waals surface area contributed by atoms with Crippen molar-refractivity contribution >= 4 is 22.9 Å². The molecule has 0 saturated heterocycles. The first-order valence-corrected chi connectivity index (χ1v) is 6.63. The maximum Gasteiger partial charge on any atom is 0.142 e. The Morgan fingerprint density at radius 1 is 1.50 bits per heavy atom. The minimum atomic E-state index is -0.760. The van der Waals surface area contributed by atoms with Crippen molar-refractivity contribution in [1.82, 2.24) is 10.3 Å². The van der Waals surface area contributed by atoms with Crippen LogP contribution in [0.15, 0.2) is 29.9 Å². The smallest absolute Gasteiger partial charge is 0.142 e. The summed E-state index contributed by atoms with van der Waals surface area (Å²) in [5.74, 6) is -0.518. The number of aliphatic hydroxyl groups excluding tert-OH is 1. The summed E-state index contributed by atoms with van der Waals surface area (Å²) in [5.41, 5.74) is 2.26. The van der Waals surface area contributed by atoms with Crippen LogP contribution in [0.25, 0.3) is 0 Å². The molecule has 3 nitrogen and oxygen atoms in total. The van der Waals surface area contributed by atoms with Crippen LogP contribution in [0.1, 0.15) is 16.5 Å². The molecule has 2 aromatic rings. The molecule has 96 valence electrons. The Labute approximate surface area is 113 Å². The molecule has 0 spiro atoms. The van der Waals surface area contributed by atoms with E-state index in [9.17, 15) is 9.50 Å². The molecular formula is C12H12ClFN2OS. The lowest BCUT2D eigenvalue weighted by Gasteiger charge is -2.12. The van der Waals surface area contributed by atoms with Gasteiger partial charge in [0.2, 0.25) is 0 Å². The van der Waals surface area contributed by atoms with E-state index in [-0.39, 0.29) is 5.02 Å². The van der Waals surface area contributed by atoms with E-state index in [0.29, 0.717) is 18.7 Å². The van der Waals surface area contributed by atoms with Crippen LogP contribution in [0.2, 0.25) is 5.02 Å². The molecule has 18 heavy (non-hydrogen) atoms. The van der Waals surface area contributed by atoms with Crippen LogP contribution in [-0.4, -0.2) is 16.6 Å². The van der Waals surface area contributed by atoms with E-state index in [1.165, 1.54) is 12.1 Å². The first kappa shape index (κ1) is 13.4. The number of benzene rings is 1. The van der Waals surface area contributed by atoms with Gasteiger partial charge in [-0.3, -0.25) is 4.98 Å². The van der Waals surface area contributed by atoms with Gasteiger partial charge in [-0.05, 0) is 17.7 Å². The lowest BCUT2D eigenvalue weighted by atomic mass is 10.1. The number of aliphatic hydroxyl groups is 1. The van der Waals surface area contributed by atoms with Crippen molar-refractivity contribution in [3.63, 3.8) is 0 Å². The number of rotatable bonds is 5. The van der Waals surface area contributed by atoms with Crippen LogP contribution < -0.4 is 5.32 Å². The summed E-state index contributed by atoms with van der Waals surface area (Å²) in [6.45, 7) is 0.983. The monoisotopic (exact) mass is 286 g/mol. The number of aromatic nitrogens is 1. The van der Waals surface area contributed by atoms with Gasteiger partial charge in [-0.2, -0.15) is 0 Å². The minimum Gasteiger partial charge on any atom is -0.387 e. The molecule has 2 N–H and O–H groups in total. The predicted molar refractivity (Wildman–Crippen MR) is 70.2 cm³/mol. The Balaban J connectivity index is 1.87. The number of nitrogens with zero attached hydrogens (tertiary/aromatic N) is 1. The van der Waals surface area contributed by atoms with Gasteiger partial charge in [0.15, 0.2) is 0 Å². The van der Waals surface area contributed by atoms with Crippen molar-refractivity contribution in [2.24, 2.45) is 0 Å². The zero-order valence-corrected chi connectivity index (χ0v) is 11.0. The third-order valence-corrected chi connectivity index (χ3v) is 3.53.